The molecular formula is C15H17NO2. The van der Waals surface area contributed by atoms with Crippen molar-refractivity contribution in [2.24, 2.45) is 0 Å². The quantitative estimate of drug-likeness (QED) is 0.893. The highest BCUT2D eigenvalue weighted by Gasteiger charge is 2.15. The van der Waals surface area contributed by atoms with Crippen molar-refractivity contribution in [1.29, 1.82) is 0 Å². The molecule has 1 N–H and O–H groups in total. The zero-order valence-electron chi connectivity index (χ0n) is 10.6. The van der Waals surface area contributed by atoms with Gasteiger partial charge in [0.2, 0.25) is 0 Å². The second-order valence-corrected chi connectivity index (χ2v) is 4.32. The lowest BCUT2D eigenvalue weighted by atomic mass is 10.0. The lowest BCUT2D eigenvalue weighted by Crippen LogP contribution is -2.27. The Bertz CT molecular complexity index is 500. The normalized spacial score (nSPS) is 12.1. The number of furan rings is 1. The van der Waals surface area contributed by atoms with Gasteiger partial charge in [0.1, 0.15) is 0 Å². The average Bonchev–Trinajstić information content (AvgIpc) is 2.91. The molecule has 0 bridgehead atoms. The first kappa shape index (κ1) is 12.4. The molecule has 2 rings (SSSR count). The largest absolute Gasteiger partial charge is 0.459 e. The number of amides is 1. The summed E-state index contributed by atoms with van der Waals surface area (Å²) in [5, 5.41) is 2.97. The number of hydrogen-bond donors (Lipinski definition) is 1. The van der Waals surface area contributed by atoms with Crippen molar-refractivity contribution in [3.63, 3.8) is 0 Å². The van der Waals surface area contributed by atoms with Gasteiger partial charge in [-0.05, 0) is 31.0 Å². The van der Waals surface area contributed by atoms with Gasteiger partial charge in [-0.15, -0.1) is 0 Å². The fourth-order valence-corrected chi connectivity index (χ4v) is 1.86. The van der Waals surface area contributed by atoms with Crippen LogP contribution in [0.2, 0.25) is 0 Å². The van der Waals surface area contributed by atoms with E-state index in [1.165, 1.54) is 11.8 Å². The summed E-state index contributed by atoms with van der Waals surface area (Å²) in [5.74, 6) is 0.174. The predicted molar refractivity (Wildman–Crippen MR) is 70.4 cm³/mol. The highest BCUT2D eigenvalue weighted by Crippen LogP contribution is 2.17. The molecule has 0 saturated heterocycles. The van der Waals surface area contributed by atoms with Crippen molar-refractivity contribution in [1.82, 2.24) is 5.32 Å². The molecule has 0 aliphatic rings. The second kappa shape index (κ2) is 5.54. The van der Waals surface area contributed by atoms with Crippen LogP contribution in [0.5, 0.6) is 0 Å². The number of carbonyl (C=O) groups excluding carboxylic acids is 1. The lowest BCUT2D eigenvalue weighted by molar-refractivity contribution is 0.0907. The standard InChI is InChI=1S/C15H17NO2/c1-3-13(12-8-6-11(2)7-9-12)16-15(17)14-5-4-10-18-14/h4-10,13H,3H2,1-2H3,(H,16,17)/t13-/m0/s1. The topological polar surface area (TPSA) is 42.2 Å². The molecule has 0 aliphatic carbocycles. The number of aryl methyl sites for hydroxylation is 1. The van der Waals surface area contributed by atoms with Crippen molar-refractivity contribution in [3.8, 4) is 0 Å². The number of rotatable bonds is 4. The van der Waals surface area contributed by atoms with Crippen LogP contribution in [0.25, 0.3) is 0 Å². The minimum atomic E-state index is -0.174. The van der Waals surface area contributed by atoms with Gasteiger partial charge in [0, 0.05) is 0 Å². The van der Waals surface area contributed by atoms with Gasteiger partial charge < -0.3 is 9.73 Å². The van der Waals surface area contributed by atoms with Gasteiger partial charge in [0.05, 0.1) is 12.3 Å². The fraction of sp³-hybridized carbons (Fsp3) is 0.267. The minimum absolute atomic E-state index is 0.0169. The zero-order valence-corrected chi connectivity index (χ0v) is 10.6. The summed E-state index contributed by atoms with van der Waals surface area (Å²) >= 11 is 0. The van der Waals surface area contributed by atoms with E-state index >= 15 is 0 Å². The number of carbonyl (C=O) groups is 1. The Kier molecular flexibility index (Phi) is 3.82. The summed E-state index contributed by atoms with van der Waals surface area (Å²) in [7, 11) is 0. The highest BCUT2D eigenvalue weighted by atomic mass is 16.3. The van der Waals surface area contributed by atoms with Crippen molar-refractivity contribution < 1.29 is 9.21 Å². The van der Waals surface area contributed by atoms with E-state index in [0.29, 0.717) is 5.76 Å². The molecule has 1 heterocycles. The van der Waals surface area contributed by atoms with Crippen molar-refractivity contribution >= 4 is 5.91 Å². The molecule has 1 aromatic heterocycles. The Hall–Kier alpha value is -2.03. The van der Waals surface area contributed by atoms with Crippen molar-refractivity contribution in [3.05, 3.63) is 59.5 Å². The Morgan fingerprint density at radius 3 is 2.56 bits per heavy atom. The number of hydrogen-bond acceptors (Lipinski definition) is 2. The fourth-order valence-electron chi connectivity index (χ4n) is 1.86. The molecule has 3 nitrogen and oxygen atoms in total. The second-order valence-electron chi connectivity index (χ2n) is 4.32. The number of nitrogens with one attached hydrogen (secondary N) is 1. The van der Waals surface area contributed by atoms with Gasteiger partial charge in [0.15, 0.2) is 5.76 Å². The maximum absolute atomic E-state index is 11.9. The highest BCUT2D eigenvalue weighted by molar-refractivity contribution is 5.91. The molecular weight excluding hydrogens is 226 g/mol. The SMILES string of the molecule is CC[C@H](NC(=O)c1ccco1)c1ccc(C)cc1. The lowest BCUT2D eigenvalue weighted by Gasteiger charge is -2.16. The summed E-state index contributed by atoms with van der Waals surface area (Å²) in [6.07, 6.45) is 2.34. The van der Waals surface area contributed by atoms with Crippen LogP contribution in [0.4, 0.5) is 0 Å². The van der Waals surface area contributed by atoms with Crippen LogP contribution >= 0.6 is 0 Å². The van der Waals surface area contributed by atoms with E-state index in [2.05, 4.69) is 17.4 Å². The van der Waals surface area contributed by atoms with Gasteiger partial charge in [-0.3, -0.25) is 4.79 Å². The maximum Gasteiger partial charge on any atom is 0.287 e. The molecule has 18 heavy (non-hydrogen) atoms. The molecule has 94 valence electrons. The molecule has 0 spiro atoms. The van der Waals surface area contributed by atoms with E-state index < -0.39 is 0 Å². The Labute approximate surface area is 107 Å². The Morgan fingerprint density at radius 1 is 1.28 bits per heavy atom. The van der Waals surface area contributed by atoms with Crippen LogP contribution in [0.15, 0.2) is 47.1 Å². The van der Waals surface area contributed by atoms with Crippen LogP contribution in [0.3, 0.4) is 0 Å². The third-order valence-electron chi connectivity index (χ3n) is 2.94. The molecule has 0 fully saturated rings. The van der Waals surface area contributed by atoms with Crippen molar-refractivity contribution in [2.45, 2.75) is 26.3 Å². The van der Waals surface area contributed by atoms with Crippen molar-refractivity contribution in [2.75, 3.05) is 0 Å². The number of benzene rings is 1. The summed E-state index contributed by atoms with van der Waals surface area (Å²) in [4.78, 5) is 11.9. The summed E-state index contributed by atoms with van der Waals surface area (Å²) < 4.78 is 5.08. The van der Waals surface area contributed by atoms with Gasteiger partial charge in [0.25, 0.3) is 5.91 Å². The van der Waals surface area contributed by atoms with E-state index in [9.17, 15) is 4.79 Å². The smallest absolute Gasteiger partial charge is 0.287 e. The molecule has 0 saturated carbocycles. The van der Waals surface area contributed by atoms with E-state index in [1.807, 2.05) is 26.0 Å². The first-order valence-corrected chi connectivity index (χ1v) is 6.11. The molecule has 0 unspecified atom stereocenters. The molecule has 1 amide bonds. The molecule has 0 radical (unpaired) electrons. The van der Waals surface area contributed by atoms with Gasteiger partial charge in [-0.2, -0.15) is 0 Å². The maximum atomic E-state index is 11.9. The van der Waals surface area contributed by atoms with Gasteiger partial charge >= 0.3 is 0 Å². The Morgan fingerprint density at radius 2 is 2.00 bits per heavy atom. The van der Waals surface area contributed by atoms with Gasteiger partial charge in [-0.1, -0.05) is 36.8 Å². The van der Waals surface area contributed by atoms with Crippen LogP contribution in [0, 0.1) is 6.92 Å². The van der Waals surface area contributed by atoms with Crippen LogP contribution in [-0.4, -0.2) is 5.91 Å². The van der Waals surface area contributed by atoms with Gasteiger partial charge in [-0.25, -0.2) is 0 Å². The first-order chi connectivity index (χ1) is 8.70. The molecule has 3 heteroatoms. The first-order valence-electron chi connectivity index (χ1n) is 6.11. The zero-order chi connectivity index (χ0) is 13.0. The predicted octanol–water partition coefficient (Wildman–Crippen LogP) is 3.47. The van der Waals surface area contributed by atoms with E-state index in [1.54, 1.807) is 12.1 Å². The molecule has 2 aromatic rings. The summed E-state index contributed by atoms with van der Waals surface area (Å²) in [6.45, 7) is 4.10. The molecule has 1 aromatic carbocycles. The van der Waals surface area contributed by atoms with Crippen LogP contribution < -0.4 is 5.32 Å². The summed E-state index contributed by atoms with van der Waals surface area (Å²) in [6, 6.07) is 11.6. The average molecular weight is 243 g/mol. The summed E-state index contributed by atoms with van der Waals surface area (Å²) in [5.41, 5.74) is 2.33. The third kappa shape index (κ3) is 2.80. The Balaban J connectivity index is 2.10. The van der Waals surface area contributed by atoms with E-state index in [-0.39, 0.29) is 11.9 Å². The van der Waals surface area contributed by atoms with E-state index in [4.69, 9.17) is 4.42 Å². The van der Waals surface area contributed by atoms with Crippen LogP contribution in [-0.2, 0) is 0 Å². The molecule has 0 aliphatic heterocycles. The molecule has 1 atom stereocenters. The monoisotopic (exact) mass is 243 g/mol. The minimum Gasteiger partial charge on any atom is -0.459 e. The van der Waals surface area contributed by atoms with Crippen LogP contribution in [0.1, 0.15) is 41.1 Å². The van der Waals surface area contributed by atoms with E-state index in [0.717, 1.165) is 12.0 Å². The third-order valence-corrected chi connectivity index (χ3v) is 2.94.